The third kappa shape index (κ3) is 1.86. The van der Waals surface area contributed by atoms with E-state index in [1.54, 1.807) is 11.1 Å². The minimum atomic E-state index is 0.846. The molecule has 1 heteroatoms. The van der Waals surface area contributed by atoms with Crippen LogP contribution in [0.5, 0.6) is 0 Å². The molecule has 0 aromatic heterocycles. The number of rotatable bonds is 1. The van der Waals surface area contributed by atoms with Crippen LogP contribution in [0.15, 0.2) is 12.1 Å². The second-order valence-corrected chi connectivity index (χ2v) is 5.79. The van der Waals surface area contributed by atoms with Crippen LogP contribution in [0.4, 0.5) is 5.69 Å². The summed E-state index contributed by atoms with van der Waals surface area (Å²) in [5.74, 6) is 1.81. The predicted molar refractivity (Wildman–Crippen MR) is 73.3 cm³/mol. The van der Waals surface area contributed by atoms with E-state index in [1.165, 1.54) is 44.1 Å². The highest BCUT2D eigenvalue weighted by molar-refractivity contribution is 5.54. The smallest absolute Gasteiger partial charge is 0.0349 e. The van der Waals surface area contributed by atoms with Crippen molar-refractivity contribution < 1.29 is 0 Å². The number of benzene rings is 1. The highest BCUT2D eigenvalue weighted by Crippen LogP contribution is 2.45. The molecule has 1 fully saturated rings. The molecular formula is C16H23N. The molecule has 2 unspecified atom stereocenters. The van der Waals surface area contributed by atoms with Crippen molar-refractivity contribution in [1.29, 1.82) is 0 Å². The fraction of sp³-hybridized carbons (Fsp3) is 0.625. The van der Waals surface area contributed by atoms with Crippen molar-refractivity contribution in [3.05, 3.63) is 28.8 Å². The van der Waals surface area contributed by atoms with Gasteiger partial charge >= 0.3 is 0 Å². The van der Waals surface area contributed by atoms with E-state index in [2.05, 4.69) is 19.1 Å². The summed E-state index contributed by atoms with van der Waals surface area (Å²) in [6.07, 6.45) is 9.45. The van der Waals surface area contributed by atoms with E-state index in [-0.39, 0.29) is 0 Å². The number of fused-ring (bicyclic) bond motifs is 3. The fourth-order valence-electron chi connectivity index (χ4n) is 3.90. The predicted octanol–water partition coefficient (Wildman–Crippen LogP) is 4.05. The van der Waals surface area contributed by atoms with Crippen molar-refractivity contribution in [1.82, 2.24) is 0 Å². The Bertz CT molecular complexity index is 422. The Morgan fingerprint density at radius 3 is 2.82 bits per heavy atom. The first-order chi connectivity index (χ1) is 8.29. The first-order valence-electron chi connectivity index (χ1n) is 7.20. The van der Waals surface area contributed by atoms with Crippen LogP contribution in [-0.4, -0.2) is 0 Å². The van der Waals surface area contributed by atoms with Gasteiger partial charge < -0.3 is 5.73 Å². The van der Waals surface area contributed by atoms with Gasteiger partial charge in [0.1, 0.15) is 0 Å². The van der Waals surface area contributed by atoms with Gasteiger partial charge in [-0.3, -0.25) is 0 Å². The molecular weight excluding hydrogens is 206 g/mol. The van der Waals surface area contributed by atoms with Gasteiger partial charge in [0.25, 0.3) is 0 Å². The lowest BCUT2D eigenvalue weighted by Gasteiger charge is -2.37. The normalized spacial score (nSPS) is 27.4. The summed E-state index contributed by atoms with van der Waals surface area (Å²) in [6, 6.07) is 4.69. The van der Waals surface area contributed by atoms with Crippen molar-refractivity contribution in [3.8, 4) is 0 Å². The standard InChI is InChI=1S/C16H23N/c1-2-11-9-15-13(10-16(11)17)8-7-12-5-3-4-6-14(12)15/h9-10,12,14H,2-8,17H2,1H3. The van der Waals surface area contributed by atoms with Gasteiger partial charge in [-0.2, -0.15) is 0 Å². The summed E-state index contributed by atoms with van der Waals surface area (Å²) in [5.41, 5.74) is 11.7. The Hall–Kier alpha value is -0.980. The first kappa shape index (κ1) is 11.1. The molecule has 0 radical (unpaired) electrons. The van der Waals surface area contributed by atoms with Gasteiger partial charge in [-0.1, -0.05) is 25.8 Å². The molecule has 0 spiro atoms. The molecule has 92 valence electrons. The lowest BCUT2D eigenvalue weighted by Crippen LogP contribution is -2.24. The lowest BCUT2D eigenvalue weighted by atomic mass is 9.68. The third-order valence-electron chi connectivity index (χ3n) is 4.87. The number of nitrogens with two attached hydrogens (primary N) is 1. The van der Waals surface area contributed by atoms with Gasteiger partial charge in [-0.15, -0.1) is 0 Å². The van der Waals surface area contributed by atoms with E-state index in [0.717, 1.165) is 23.9 Å². The Morgan fingerprint density at radius 1 is 1.18 bits per heavy atom. The van der Waals surface area contributed by atoms with Crippen molar-refractivity contribution in [2.45, 2.75) is 57.8 Å². The van der Waals surface area contributed by atoms with Crippen LogP contribution >= 0.6 is 0 Å². The fourth-order valence-corrected chi connectivity index (χ4v) is 3.90. The van der Waals surface area contributed by atoms with Crippen molar-refractivity contribution in [2.24, 2.45) is 5.92 Å². The molecule has 0 amide bonds. The van der Waals surface area contributed by atoms with Crippen LogP contribution < -0.4 is 5.73 Å². The Labute approximate surface area is 104 Å². The number of hydrogen-bond donors (Lipinski definition) is 1. The summed E-state index contributed by atoms with van der Waals surface area (Å²) in [5, 5.41) is 0. The minimum absolute atomic E-state index is 0.846. The molecule has 17 heavy (non-hydrogen) atoms. The largest absolute Gasteiger partial charge is 0.398 e. The van der Waals surface area contributed by atoms with Crippen LogP contribution in [-0.2, 0) is 12.8 Å². The molecule has 0 aliphatic heterocycles. The molecule has 2 aliphatic carbocycles. The molecule has 1 saturated carbocycles. The lowest BCUT2D eigenvalue weighted by molar-refractivity contribution is 0.275. The molecule has 2 atom stereocenters. The van der Waals surface area contributed by atoms with Crippen LogP contribution in [0, 0.1) is 5.92 Å². The van der Waals surface area contributed by atoms with Crippen molar-refractivity contribution >= 4 is 5.69 Å². The van der Waals surface area contributed by atoms with Crippen molar-refractivity contribution in [2.75, 3.05) is 5.73 Å². The quantitative estimate of drug-likeness (QED) is 0.722. The zero-order valence-corrected chi connectivity index (χ0v) is 10.8. The maximum atomic E-state index is 6.12. The molecule has 1 aromatic rings. The molecule has 0 heterocycles. The van der Waals surface area contributed by atoms with Gasteiger partial charge in [0.15, 0.2) is 0 Å². The molecule has 2 aliphatic rings. The van der Waals surface area contributed by atoms with E-state index in [4.69, 9.17) is 5.73 Å². The zero-order valence-electron chi connectivity index (χ0n) is 10.8. The molecule has 2 N–H and O–H groups in total. The molecule has 0 saturated heterocycles. The topological polar surface area (TPSA) is 26.0 Å². The Morgan fingerprint density at radius 2 is 2.00 bits per heavy atom. The summed E-state index contributed by atoms with van der Waals surface area (Å²) >= 11 is 0. The van der Waals surface area contributed by atoms with Crippen LogP contribution in [0.2, 0.25) is 0 Å². The van der Waals surface area contributed by atoms with Crippen LogP contribution in [0.1, 0.15) is 61.6 Å². The first-order valence-corrected chi connectivity index (χ1v) is 7.20. The summed E-state index contributed by atoms with van der Waals surface area (Å²) in [7, 11) is 0. The van der Waals surface area contributed by atoms with Crippen LogP contribution in [0.25, 0.3) is 0 Å². The maximum absolute atomic E-state index is 6.12. The SMILES string of the molecule is CCc1cc2c(cc1N)CCC1CCCCC21. The van der Waals surface area contributed by atoms with Crippen LogP contribution in [0.3, 0.4) is 0 Å². The van der Waals surface area contributed by atoms with E-state index in [1.807, 2.05) is 0 Å². The molecule has 1 aromatic carbocycles. The van der Waals surface area contributed by atoms with E-state index in [0.29, 0.717) is 0 Å². The third-order valence-corrected chi connectivity index (χ3v) is 4.87. The van der Waals surface area contributed by atoms with Gasteiger partial charge in [-0.05, 0) is 66.7 Å². The maximum Gasteiger partial charge on any atom is 0.0349 e. The van der Waals surface area contributed by atoms with Crippen molar-refractivity contribution in [3.63, 3.8) is 0 Å². The molecule has 3 rings (SSSR count). The van der Waals surface area contributed by atoms with Gasteiger partial charge in [0.2, 0.25) is 0 Å². The van der Waals surface area contributed by atoms with Gasteiger partial charge in [-0.25, -0.2) is 0 Å². The minimum Gasteiger partial charge on any atom is -0.398 e. The summed E-state index contributed by atoms with van der Waals surface area (Å²) in [4.78, 5) is 0. The number of aryl methyl sites for hydroxylation is 2. The van der Waals surface area contributed by atoms with Gasteiger partial charge in [0, 0.05) is 5.69 Å². The average Bonchev–Trinajstić information content (AvgIpc) is 2.37. The van der Waals surface area contributed by atoms with Gasteiger partial charge in [0.05, 0.1) is 0 Å². The molecule has 1 nitrogen and oxygen atoms in total. The second kappa shape index (κ2) is 4.36. The van der Waals surface area contributed by atoms with E-state index in [9.17, 15) is 0 Å². The Balaban J connectivity index is 2.02. The molecule has 0 bridgehead atoms. The van der Waals surface area contributed by atoms with E-state index < -0.39 is 0 Å². The number of hydrogen-bond acceptors (Lipinski definition) is 1. The second-order valence-electron chi connectivity index (χ2n) is 5.79. The van der Waals surface area contributed by atoms with E-state index >= 15 is 0 Å². The highest BCUT2D eigenvalue weighted by atomic mass is 14.6. The average molecular weight is 229 g/mol. The summed E-state index contributed by atoms with van der Waals surface area (Å²) in [6.45, 7) is 2.21. The number of nitrogen functional groups attached to an aromatic ring is 1. The number of anilines is 1. The monoisotopic (exact) mass is 229 g/mol. The zero-order chi connectivity index (χ0) is 11.8. The Kier molecular flexibility index (Phi) is 2.85. The summed E-state index contributed by atoms with van der Waals surface area (Å²) < 4.78 is 0. The highest BCUT2D eigenvalue weighted by Gasteiger charge is 2.31.